The summed E-state index contributed by atoms with van der Waals surface area (Å²) in [6.07, 6.45) is 2.20. The van der Waals surface area contributed by atoms with Gasteiger partial charge in [-0.15, -0.1) is 0 Å². The van der Waals surface area contributed by atoms with E-state index < -0.39 is 17.2 Å². The molecule has 3 aromatic rings. The molecule has 0 aliphatic rings. The number of nitrogens with one attached hydrogen (secondary N) is 1. The van der Waals surface area contributed by atoms with E-state index in [2.05, 4.69) is 15.1 Å². The van der Waals surface area contributed by atoms with Gasteiger partial charge in [-0.3, -0.25) is 14.3 Å². The van der Waals surface area contributed by atoms with Crippen molar-refractivity contribution in [3.63, 3.8) is 0 Å². The summed E-state index contributed by atoms with van der Waals surface area (Å²) in [5, 5.41) is 3.84. The van der Waals surface area contributed by atoms with Gasteiger partial charge in [0.25, 0.3) is 5.56 Å². The van der Waals surface area contributed by atoms with E-state index in [1.54, 1.807) is 14.0 Å². The first-order chi connectivity index (χ1) is 13.4. The van der Waals surface area contributed by atoms with Crippen molar-refractivity contribution >= 4 is 17.1 Å². The third kappa shape index (κ3) is 3.37. The molecule has 0 atom stereocenters. The number of hydrogen-bond donors (Lipinski definition) is 1. The predicted octanol–water partition coefficient (Wildman–Crippen LogP) is 1.44. The number of esters is 1. The number of H-pyrrole nitrogens is 1. The zero-order valence-electron chi connectivity index (χ0n) is 16.4. The molecule has 150 valence electrons. The Hall–Kier alpha value is -3.17. The molecule has 10 nitrogen and oxygen atoms in total. The standard InChI is InChI=1S/C18H23N5O5/c1-5-7-8-23-15-14(16(24)20-18(23)26)22(4)12(19-15)9-27-17(25)13-10(3)28-21-11(13)6-2/h5-9H2,1-4H3,(H,20,24,26). The summed E-state index contributed by atoms with van der Waals surface area (Å²) in [7, 11) is 1.64. The summed E-state index contributed by atoms with van der Waals surface area (Å²) in [6, 6.07) is 0. The van der Waals surface area contributed by atoms with Gasteiger partial charge in [0.05, 0.1) is 5.69 Å². The highest BCUT2D eigenvalue weighted by atomic mass is 16.5. The van der Waals surface area contributed by atoms with Crippen LogP contribution in [-0.2, 0) is 31.4 Å². The first kappa shape index (κ1) is 19.6. The minimum atomic E-state index is -0.570. The Morgan fingerprint density at radius 1 is 1.29 bits per heavy atom. The lowest BCUT2D eigenvalue weighted by atomic mass is 10.1. The molecule has 0 aromatic carbocycles. The van der Waals surface area contributed by atoms with Gasteiger partial charge in [-0.05, 0) is 19.8 Å². The number of carbonyl (C=O) groups excluding carboxylic acids is 1. The van der Waals surface area contributed by atoms with E-state index in [4.69, 9.17) is 9.26 Å². The summed E-state index contributed by atoms with van der Waals surface area (Å²) in [6.45, 7) is 5.80. The second kappa shape index (κ2) is 7.83. The van der Waals surface area contributed by atoms with Crippen LogP contribution in [0.25, 0.3) is 11.2 Å². The number of aryl methyl sites for hydroxylation is 4. The van der Waals surface area contributed by atoms with Crippen LogP contribution in [-0.4, -0.2) is 30.2 Å². The Balaban J connectivity index is 1.94. The third-order valence-corrected chi connectivity index (χ3v) is 4.65. The molecular formula is C18H23N5O5. The van der Waals surface area contributed by atoms with E-state index in [0.717, 1.165) is 12.8 Å². The first-order valence-corrected chi connectivity index (χ1v) is 9.19. The lowest BCUT2D eigenvalue weighted by Gasteiger charge is -2.05. The first-order valence-electron chi connectivity index (χ1n) is 9.19. The Morgan fingerprint density at radius 3 is 2.71 bits per heavy atom. The SMILES string of the molecule is CCCCn1c(=O)[nH]c(=O)c2c1nc(COC(=O)c1c(CC)noc1C)n2C. The second-order valence-corrected chi connectivity index (χ2v) is 6.51. The van der Waals surface area contributed by atoms with Gasteiger partial charge in [0.1, 0.15) is 23.8 Å². The van der Waals surface area contributed by atoms with Crippen LogP contribution in [0.3, 0.4) is 0 Å². The van der Waals surface area contributed by atoms with Crippen molar-refractivity contribution in [2.45, 2.75) is 53.2 Å². The summed E-state index contributed by atoms with van der Waals surface area (Å²) >= 11 is 0. The smallest absolute Gasteiger partial charge is 0.344 e. The minimum absolute atomic E-state index is 0.154. The van der Waals surface area contributed by atoms with Gasteiger partial charge in [0.2, 0.25) is 0 Å². The van der Waals surface area contributed by atoms with Gasteiger partial charge >= 0.3 is 11.7 Å². The van der Waals surface area contributed by atoms with Crippen molar-refractivity contribution in [2.75, 3.05) is 0 Å². The molecule has 3 heterocycles. The molecule has 0 bridgehead atoms. The lowest BCUT2D eigenvalue weighted by Crippen LogP contribution is -2.31. The van der Waals surface area contributed by atoms with E-state index in [0.29, 0.717) is 35.8 Å². The highest BCUT2D eigenvalue weighted by Crippen LogP contribution is 2.17. The van der Waals surface area contributed by atoms with Crippen molar-refractivity contribution in [1.82, 2.24) is 24.3 Å². The number of rotatable bonds is 7. The molecule has 0 aliphatic carbocycles. The average molecular weight is 389 g/mol. The van der Waals surface area contributed by atoms with Gasteiger partial charge < -0.3 is 13.8 Å². The fourth-order valence-electron chi connectivity index (χ4n) is 3.07. The fraction of sp³-hybridized carbons (Fsp3) is 0.500. The normalized spacial score (nSPS) is 11.3. The lowest BCUT2D eigenvalue weighted by molar-refractivity contribution is 0.0456. The predicted molar refractivity (Wildman–Crippen MR) is 100 cm³/mol. The molecule has 1 N–H and O–H groups in total. The molecule has 0 unspecified atom stereocenters. The van der Waals surface area contributed by atoms with Crippen molar-refractivity contribution in [2.24, 2.45) is 7.05 Å². The van der Waals surface area contributed by atoms with E-state index in [1.807, 2.05) is 13.8 Å². The number of nitrogens with zero attached hydrogens (tertiary/aromatic N) is 4. The fourth-order valence-corrected chi connectivity index (χ4v) is 3.07. The van der Waals surface area contributed by atoms with Gasteiger partial charge in [0.15, 0.2) is 11.2 Å². The summed E-state index contributed by atoms with van der Waals surface area (Å²) in [5.41, 5.74) is 0.350. The molecule has 0 saturated heterocycles. The van der Waals surface area contributed by atoms with Crippen LogP contribution in [0.15, 0.2) is 14.1 Å². The maximum absolute atomic E-state index is 12.5. The summed E-state index contributed by atoms with van der Waals surface area (Å²) < 4.78 is 13.4. The zero-order valence-corrected chi connectivity index (χ0v) is 16.4. The second-order valence-electron chi connectivity index (χ2n) is 6.51. The maximum Gasteiger partial charge on any atom is 0.344 e. The third-order valence-electron chi connectivity index (χ3n) is 4.65. The molecule has 3 rings (SSSR count). The van der Waals surface area contributed by atoms with E-state index in [9.17, 15) is 14.4 Å². The number of hydrogen-bond acceptors (Lipinski definition) is 7. The summed E-state index contributed by atoms with van der Waals surface area (Å²) in [4.78, 5) is 43.6. The van der Waals surface area contributed by atoms with Crippen LogP contribution in [0.2, 0.25) is 0 Å². The van der Waals surface area contributed by atoms with Crippen LogP contribution in [0.5, 0.6) is 0 Å². The van der Waals surface area contributed by atoms with Crippen LogP contribution in [0.1, 0.15) is 54.3 Å². The van der Waals surface area contributed by atoms with Crippen molar-refractivity contribution in [1.29, 1.82) is 0 Å². The Morgan fingerprint density at radius 2 is 2.04 bits per heavy atom. The number of aromatic nitrogens is 5. The van der Waals surface area contributed by atoms with Gasteiger partial charge in [-0.1, -0.05) is 25.4 Å². The van der Waals surface area contributed by atoms with E-state index in [-0.39, 0.29) is 17.8 Å². The Kier molecular flexibility index (Phi) is 5.48. The van der Waals surface area contributed by atoms with Crippen molar-refractivity contribution in [3.8, 4) is 0 Å². The number of aromatic amines is 1. The number of carbonyl (C=O) groups is 1. The number of ether oxygens (including phenoxy) is 1. The molecule has 0 fully saturated rings. The molecular weight excluding hydrogens is 366 g/mol. The quantitative estimate of drug-likeness (QED) is 0.606. The molecule has 0 spiro atoms. The van der Waals surface area contributed by atoms with Gasteiger partial charge in [-0.2, -0.15) is 0 Å². The van der Waals surface area contributed by atoms with Gasteiger partial charge in [0, 0.05) is 13.6 Å². The van der Waals surface area contributed by atoms with Crippen LogP contribution < -0.4 is 11.2 Å². The van der Waals surface area contributed by atoms with Crippen LogP contribution in [0, 0.1) is 6.92 Å². The van der Waals surface area contributed by atoms with Crippen LogP contribution >= 0.6 is 0 Å². The average Bonchev–Trinajstić information content (AvgIpc) is 3.19. The zero-order chi connectivity index (χ0) is 20.4. The topological polar surface area (TPSA) is 125 Å². The molecule has 0 saturated carbocycles. The Labute approximate surface area is 160 Å². The van der Waals surface area contributed by atoms with E-state index in [1.165, 1.54) is 9.13 Å². The molecule has 28 heavy (non-hydrogen) atoms. The highest BCUT2D eigenvalue weighted by Gasteiger charge is 2.22. The molecule has 10 heteroatoms. The molecule has 3 aromatic heterocycles. The Bertz CT molecular complexity index is 1130. The molecule has 0 amide bonds. The maximum atomic E-state index is 12.5. The monoisotopic (exact) mass is 389 g/mol. The summed E-state index contributed by atoms with van der Waals surface area (Å²) in [5.74, 6) is 0.175. The number of fused-ring (bicyclic) bond motifs is 1. The largest absolute Gasteiger partial charge is 0.454 e. The molecule has 0 radical (unpaired) electrons. The van der Waals surface area contributed by atoms with E-state index >= 15 is 0 Å². The highest BCUT2D eigenvalue weighted by molar-refractivity contribution is 5.91. The van der Waals surface area contributed by atoms with Gasteiger partial charge in [-0.25, -0.2) is 14.6 Å². The van der Waals surface area contributed by atoms with Crippen molar-refractivity contribution in [3.05, 3.63) is 43.7 Å². The number of unbranched alkanes of at least 4 members (excludes halogenated alkanes) is 1. The molecule has 0 aliphatic heterocycles. The van der Waals surface area contributed by atoms with Crippen molar-refractivity contribution < 1.29 is 14.1 Å². The van der Waals surface area contributed by atoms with Crippen LogP contribution in [0.4, 0.5) is 0 Å². The minimum Gasteiger partial charge on any atom is -0.454 e. The number of imidazole rings is 1.